The minimum absolute atomic E-state index is 0. The average molecular weight is 273 g/mol. The number of nitrogens with two attached hydrogens (primary N) is 1. The first kappa shape index (κ1) is 16.4. The molecule has 0 aromatic heterocycles. The van der Waals surface area contributed by atoms with Crippen LogP contribution in [0.4, 0.5) is 0 Å². The number of methoxy groups -OCH3 is 1. The smallest absolute Gasteiger partial charge is 0.325 e. The van der Waals surface area contributed by atoms with Gasteiger partial charge in [0, 0.05) is 0 Å². The maximum atomic E-state index is 11.5. The van der Waals surface area contributed by atoms with E-state index in [0.717, 1.165) is 5.56 Å². The van der Waals surface area contributed by atoms with Crippen molar-refractivity contribution < 1.29 is 14.3 Å². The second-order valence-corrected chi connectivity index (χ2v) is 3.59. The summed E-state index contributed by atoms with van der Waals surface area (Å²) in [6.07, 6.45) is 0.438. The molecule has 0 aliphatic rings. The molecule has 0 bridgehead atoms. The molecule has 0 aliphatic carbocycles. The Morgan fingerprint density at radius 2 is 1.94 bits per heavy atom. The van der Waals surface area contributed by atoms with Crippen LogP contribution >= 0.6 is 12.4 Å². The van der Waals surface area contributed by atoms with Crippen LogP contribution in [0.1, 0.15) is 5.56 Å². The van der Waals surface area contributed by atoms with Crippen LogP contribution in [0.3, 0.4) is 0 Å². The predicted molar refractivity (Wildman–Crippen MR) is 70.4 cm³/mol. The third-order valence-electron chi connectivity index (χ3n) is 2.27. The molecule has 1 rings (SSSR count). The number of carbonyl (C=O) groups is 2. The van der Waals surface area contributed by atoms with Gasteiger partial charge in [-0.05, 0) is 12.0 Å². The van der Waals surface area contributed by atoms with Crippen molar-refractivity contribution in [1.29, 1.82) is 0 Å². The van der Waals surface area contributed by atoms with Crippen LogP contribution < -0.4 is 11.1 Å². The highest BCUT2D eigenvalue weighted by Gasteiger charge is 2.14. The van der Waals surface area contributed by atoms with Gasteiger partial charge in [-0.3, -0.25) is 9.59 Å². The molecule has 5 nitrogen and oxygen atoms in total. The Morgan fingerprint density at radius 3 is 2.50 bits per heavy atom. The van der Waals surface area contributed by atoms with Crippen LogP contribution in [0.15, 0.2) is 30.3 Å². The van der Waals surface area contributed by atoms with Crippen LogP contribution in [0.5, 0.6) is 0 Å². The molecule has 1 atom stereocenters. The number of rotatable bonds is 5. The van der Waals surface area contributed by atoms with E-state index >= 15 is 0 Å². The van der Waals surface area contributed by atoms with Gasteiger partial charge in [-0.15, -0.1) is 12.4 Å². The Bertz CT molecular complexity index is 384. The molecule has 0 aliphatic heterocycles. The predicted octanol–water partition coefficient (Wildman–Crippen LogP) is 0.267. The molecule has 1 amide bonds. The molecule has 0 saturated heterocycles. The van der Waals surface area contributed by atoms with Crippen molar-refractivity contribution in [2.75, 3.05) is 13.7 Å². The highest BCUT2D eigenvalue weighted by atomic mass is 35.5. The van der Waals surface area contributed by atoms with Crippen molar-refractivity contribution in [3.63, 3.8) is 0 Å². The summed E-state index contributed by atoms with van der Waals surface area (Å²) >= 11 is 0. The fourth-order valence-corrected chi connectivity index (χ4v) is 1.32. The van der Waals surface area contributed by atoms with Gasteiger partial charge in [0.1, 0.15) is 6.54 Å². The first-order valence-electron chi connectivity index (χ1n) is 5.27. The van der Waals surface area contributed by atoms with Crippen LogP contribution in [0.2, 0.25) is 0 Å². The van der Waals surface area contributed by atoms with Crippen molar-refractivity contribution in [3.8, 4) is 0 Å². The van der Waals surface area contributed by atoms with Gasteiger partial charge in [-0.2, -0.15) is 0 Å². The van der Waals surface area contributed by atoms with E-state index in [4.69, 9.17) is 5.73 Å². The molecule has 0 heterocycles. The third-order valence-corrected chi connectivity index (χ3v) is 2.27. The Morgan fingerprint density at radius 1 is 1.33 bits per heavy atom. The Kier molecular flexibility index (Phi) is 7.74. The van der Waals surface area contributed by atoms with Crippen molar-refractivity contribution in [2.24, 2.45) is 5.73 Å². The van der Waals surface area contributed by atoms with E-state index < -0.39 is 12.0 Å². The van der Waals surface area contributed by atoms with Gasteiger partial charge < -0.3 is 15.8 Å². The summed E-state index contributed by atoms with van der Waals surface area (Å²) in [5.74, 6) is -0.857. The maximum absolute atomic E-state index is 11.5. The molecular weight excluding hydrogens is 256 g/mol. The van der Waals surface area contributed by atoms with Crippen LogP contribution in [-0.2, 0) is 20.7 Å². The van der Waals surface area contributed by atoms with E-state index in [9.17, 15) is 9.59 Å². The van der Waals surface area contributed by atoms with Crippen molar-refractivity contribution in [2.45, 2.75) is 12.5 Å². The van der Waals surface area contributed by atoms with E-state index in [-0.39, 0.29) is 24.9 Å². The largest absolute Gasteiger partial charge is 0.468 e. The highest BCUT2D eigenvalue weighted by Crippen LogP contribution is 2.01. The quantitative estimate of drug-likeness (QED) is 0.754. The molecule has 18 heavy (non-hydrogen) atoms. The summed E-state index contributed by atoms with van der Waals surface area (Å²) in [7, 11) is 1.26. The number of nitrogens with one attached hydrogen (secondary N) is 1. The van der Waals surface area contributed by atoms with E-state index in [2.05, 4.69) is 10.1 Å². The third kappa shape index (κ3) is 5.65. The van der Waals surface area contributed by atoms with Gasteiger partial charge in [0.15, 0.2) is 0 Å². The standard InChI is InChI=1S/C12H16N2O3.ClH/c1-17-11(15)8-14-12(16)10(13)7-9-5-3-2-4-6-9;/h2-6,10H,7-8,13H2,1H3,(H,14,16);1H/t10-;/m1./s1. The van der Waals surface area contributed by atoms with Crippen molar-refractivity contribution in [1.82, 2.24) is 5.32 Å². The van der Waals surface area contributed by atoms with E-state index in [1.807, 2.05) is 30.3 Å². The second-order valence-electron chi connectivity index (χ2n) is 3.59. The normalized spacial score (nSPS) is 11.0. The lowest BCUT2D eigenvalue weighted by molar-refractivity contribution is -0.141. The number of esters is 1. The molecule has 0 radical (unpaired) electrons. The van der Waals surface area contributed by atoms with Crippen LogP contribution in [0, 0.1) is 0 Å². The lowest BCUT2D eigenvalue weighted by atomic mass is 10.1. The van der Waals surface area contributed by atoms with Crippen molar-refractivity contribution >= 4 is 24.3 Å². The molecule has 0 saturated carbocycles. The molecule has 1 aromatic carbocycles. The van der Waals surface area contributed by atoms with Gasteiger partial charge in [-0.25, -0.2) is 0 Å². The molecule has 100 valence electrons. The van der Waals surface area contributed by atoms with E-state index in [0.29, 0.717) is 6.42 Å². The topological polar surface area (TPSA) is 81.4 Å². The number of hydrogen-bond acceptors (Lipinski definition) is 4. The summed E-state index contributed by atoms with van der Waals surface area (Å²) in [4.78, 5) is 22.3. The van der Waals surface area contributed by atoms with E-state index in [1.165, 1.54) is 7.11 Å². The zero-order chi connectivity index (χ0) is 12.7. The second kappa shape index (κ2) is 8.49. The number of hydrogen-bond donors (Lipinski definition) is 2. The molecule has 0 spiro atoms. The first-order chi connectivity index (χ1) is 8.13. The molecule has 1 aromatic rings. The average Bonchev–Trinajstić information content (AvgIpc) is 2.36. The number of amides is 1. The minimum Gasteiger partial charge on any atom is -0.468 e. The fourth-order valence-electron chi connectivity index (χ4n) is 1.32. The first-order valence-corrected chi connectivity index (χ1v) is 5.27. The number of benzene rings is 1. The van der Waals surface area contributed by atoms with Gasteiger partial charge in [0.2, 0.25) is 5.91 Å². The van der Waals surface area contributed by atoms with E-state index in [1.54, 1.807) is 0 Å². The van der Waals surface area contributed by atoms with Crippen molar-refractivity contribution in [3.05, 3.63) is 35.9 Å². The Hall–Kier alpha value is -1.59. The number of ether oxygens (including phenoxy) is 1. The zero-order valence-corrected chi connectivity index (χ0v) is 10.9. The molecular formula is C12H17ClN2O3. The summed E-state index contributed by atoms with van der Waals surface area (Å²) in [5, 5.41) is 2.41. The lowest BCUT2D eigenvalue weighted by Gasteiger charge is -2.11. The monoisotopic (exact) mass is 272 g/mol. The zero-order valence-electron chi connectivity index (χ0n) is 10.1. The Balaban J connectivity index is 0.00000289. The van der Waals surface area contributed by atoms with Gasteiger partial charge in [0.05, 0.1) is 13.2 Å². The lowest BCUT2D eigenvalue weighted by Crippen LogP contribution is -2.44. The fraction of sp³-hybridized carbons (Fsp3) is 0.333. The minimum atomic E-state index is -0.665. The molecule has 3 N–H and O–H groups in total. The molecule has 0 unspecified atom stereocenters. The number of halogens is 1. The van der Waals surface area contributed by atoms with Crippen LogP contribution in [-0.4, -0.2) is 31.6 Å². The highest BCUT2D eigenvalue weighted by molar-refractivity contribution is 5.85. The summed E-state index contributed by atoms with van der Waals surface area (Å²) < 4.78 is 4.40. The maximum Gasteiger partial charge on any atom is 0.325 e. The van der Waals surface area contributed by atoms with Crippen LogP contribution in [0.25, 0.3) is 0 Å². The van der Waals surface area contributed by atoms with Gasteiger partial charge >= 0.3 is 5.97 Å². The number of carbonyl (C=O) groups excluding carboxylic acids is 2. The SMILES string of the molecule is COC(=O)CNC(=O)[C@H](N)Cc1ccccc1.Cl. The summed E-state index contributed by atoms with van der Waals surface area (Å²) in [6.45, 7) is -0.155. The molecule has 6 heteroatoms. The Labute approximate surface area is 112 Å². The van der Waals surface area contributed by atoms with Gasteiger partial charge in [0.25, 0.3) is 0 Å². The summed E-state index contributed by atoms with van der Waals surface area (Å²) in [5.41, 5.74) is 6.69. The summed E-state index contributed by atoms with van der Waals surface area (Å²) in [6, 6.07) is 8.79. The molecule has 0 fully saturated rings. The van der Waals surface area contributed by atoms with Gasteiger partial charge in [-0.1, -0.05) is 30.3 Å².